The zero-order valence-corrected chi connectivity index (χ0v) is 23.1. The summed E-state index contributed by atoms with van der Waals surface area (Å²) in [4.78, 5) is 0.832. The SMILES string of the molecule is Cc1c(N(Cc2ccc(F)c(C(F)(F)F)c2)S(=O)(=O)C2c3ccccc3CCN2CC(F)(F)F)sc2ccccc12. The number of hydrogen-bond acceptors (Lipinski definition) is 4. The van der Waals surface area contributed by atoms with Crippen molar-refractivity contribution in [1.82, 2.24) is 4.90 Å². The number of alkyl halides is 6. The van der Waals surface area contributed by atoms with Gasteiger partial charge in [0.1, 0.15) is 10.8 Å². The van der Waals surface area contributed by atoms with Gasteiger partial charge in [0, 0.05) is 11.2 Å². The third-order valence-electron chi connectivity index (χ3n) is 7.00. The van der Waals surface area contributed by atoms with E-state index >= 15 is 0 Å². The first-order valence-electron chi connectivity index (χ1n) is 12.4. The number of fused-ring (bicyclic) bond motifs is 2. The third kappa shape index (κ3) is 5.80. The Hall–Kier alpha value is -3.16. The van der Waals surface area contributed by atoms with Crippen molar-refractivity contribution in [3.8, 4) is 0 Å². The lowest BCUT2D eigenvalue weighted by Crippen LogP contribution is -2.48. The van der Waals surface area contributed by atoms with Crippen molar-refractivity contribution in [2.24, 2.45) is 0 Å². The van der Waals surface area contributed by atoms with Crippen molar-refractivity contribution in [3.05, 3.63) is 100 Å². The van der Waals surface area contributed by atoms with Crippen LogP contribution in [0.25, 0.3) is 10.1 Å². The Morgan fingerprint density at radius 1 is 0.976 bits per heavy atom. The van der Waals surface area contributed by atoms with Crippen LogP contribution in [0, 0.1) is 12.7 Å². The average molecular weight is 617 g/mol. The summed E-state index contributed by atoms with van der Waals surface area (Å²) in [6.45, 7) is -0.712. The molecule has 1 atom stereocenters. The molecule has 0 bridgehead atoms. The molecule has 1 unspecified atom stereocenters. The summed E-state index contributed by atoms with van der Waals surface area (Å²) in [5, 5.41) is -0.917. The monoisotopic (exact) mass is 616 g/mol. The van der Waals surface area contributed by atoms with E-state index in [1.807, 2.05) is 0 Å². The summed E-state index contributed by atoms with van der Waals surface area (Å²) >= 11 is 1.06. The smallest absolute Gasteiger partial charge is 0.273 e. The van der Waals surface area contributed by atoms with Crippen LogP contribution in [0.2, 0.25) is 0 Å². The van der Waals surface area contributed by atoms with Gasteiger partial charge in [0.2, 0.25) is 0 Å². The van der Waals surface area contributed by atoms with Gasteiger partial charge in [-0.2, -0.15) is 26.3 Å². The second-order valence-electron chi connectivity index (χ2n) is 9.78. The molecule has 0 saturated carbocycles. The number of rotatable bonds is 6. The first kappa shape index (κ1) is 29.3. The van der Waals surface area contributed by atoms with E-state index in [0.717, 1.165) is 26.6 Å². The van der Waals surface area contributed by atoms with Crippen molar-refractivity contribution in [1.29, 1.82) is 0 Å². The van der Waals surface area contributed by atoms with E-state index in [1.54, 1.807) is 43.3 Å². The van der Waals surface area contributed by atoms with Gasteiger partial charge in [-0.3, -0.25) is 9.21 Å². The predicted molar refractivity (Wildman–Crippen MR) is 144 cm³/mol. The van der Waals surface area contributed by atoms with E-state index in [4.69, 9.17) is 0 Å². The molecule has 41 heavy (non-hydrogen) atoms. The van der Waals surface area contributed by atoms with E-state index in [1.165, 1.54) is 12.1 Å². The standard InChI is InChI=1S/C28H23F7N2O2S2/c1-17-20-7-4-5-9-24(20)40-25(17)37(15-18-10-11-23(29)22(14-18)28(33,34)35)41(38,39)26-21-8-3-2-6-19(21)12-13-36(26)16-27(30,31)32/h2-11,14,26H,12-13,15-16H2,1H3. The molecule has 218 valence electrons. The minimum Gasteiger partial charge on any atom is -0.273 e. The number of benzene rings is 3. The zero-order chi connectivity index (χ0) is 29.7. The van der Waals surface area contributed by atoms with E-state index in [9.17, 15) is 39.2 Å². The molecule has 0 fully saturated rings. The van der Waals surface area contributed by atoms with Crippen molar-refractivity contribution >= 4 is 36.4 Å². The summed E-state index contributed by atoms with van der Waals surface area (Å²) in [7, 11) is -4.74. The lowest BCUT2D eigenvalue weighted by Gasteiger charge is -2.40. The van der Waals surface area contributed by atoms with E-state index < -0.39 is 52.2 Å². The van der Waals surface area contributed by atoms with Crippen LogP contribution in [-0.2, 0) is 29.2 Å². The van der Waals surface area contributed by atoms with Gasteiger partial charge in [0.15, 0.2) is 5.37 Å². The first-order valence-corrected chi connectivity index (χ1v) is 14.7. The quantitative estimate of drug-likeness (QED) is 0.208. The Kier molecular flexibility index (Phi) is 7.58. The van der Waals surface area contributed by atoms with Gasteiger partial charge in [0.25, 0.3) is 10.0 Å². The molecule has 4 aromatic rings. The zero-order valence-electron chi connectivity index (χ0n) is 21.4. The molecule has 0 N–H and O–H groups in total. The number of nitrogens with zero attached hydrogens (tertiary/aromatic N) is 2. The van der Waals surface area contributed by atoms with Crippen LogP contribution in [0.15, 0.2) is 66.7 Å². The molecule has 4 nitrogen and oxygen atoms in total. The van der Waals surface area contributed by atoms with Crippen LogP contribution < -0.4 is 4.31 Å². The van der Waals surface area contributed by atoms with Crippen LogP contribution in [-0.4, -0.2) is 32.6 Å². The maximum absolute atomic E-state index is 14.6. The normalized spacial score (nSPS) is 16.6. The van der Waals surface area contributed by atoms with Crippen LogP contribution in [0.5, 0.6) is 0 Å². The molecular weight excluding hydrogens is 593 g/mol. The van der Waals surface area contributed by atoms with Gasteiger partial charge < -0.3 is 0 Å². The fourth-order valence-electron chi connectivity index (χ4n) is 5.17. The number of sulfonamides is 1. The number of hydrogen-bond donors (Lipinski definition) is 0. The Balaban J connectivity index is 1.71. The highest BCUT2D eigenvalue weighted by Gasteiger charge is 2.46. The Bertz CT molecular complexity index is 1700. The van der Waals surface area contributed by atoms with E-state index in [2.05, 4.69) is 0 Å². The van der Waals surface area contributed by atoms with Gasteiger partial charge in [-0.25, -0.2) is 12.8 Å². The second-order valence-corrected chi connectivity index (χ2v) is 12.7. The minimum atomic E-state index is -5.04. The fourth-order valence-corrected chi connectivity index (χ4v) is 8.76. The third-order valence-corrected chi connectivity index (χ3v) is 10.5. The minimum absolute atomic E-state index is 0.152. The van der Waals surface area contributed by atoms with Crippen molar-refractivity contribution in [2.45, 2.75) is 37.6 Å². The van der Waals surface area contributed by atoms with Crippen molar-refractivity contribution in [3.63, 3.8) is 0 Å². The Morgan fingerprint density at radius 3 is 2.34 bits per heavy atom. The highest BCUT2D eigenvalue weighted by molar-refractivity contribution is 7.93. The van der Waals surface area contributed by atoms with Crippen LogP contribution >= 0.6 is 11.3 Å². The van der Waals surface area contributed by atoms with Crippen LogP contribution in [0.1, 0.15) is 33.2 Å². The maximum atomic E-state index is 14.6. The number of anilines is 1. The molecule has 0 saturated heterocycles. The van der Waals surface area contributed by atoms with Crippen molar-refractivity contribution < 1.29 is 39.2 Å². The fraction of sp³-hybridized carbons (Fsp3) is 0.286. The molecule has 1 aliphatic rings. The highest BCUT2D eigenvalue weighted by Crippen LogP contribution is 2.45. The number of thiophene rings is 1. The molecule has 0 radical (unpaired) electrons. The Labute approximate surface area is 235 Å². The molecule has 13 heteroatoms. The Morgan fingerprint density at radius 2 is 1.66 bits per heavy atom. The average Bonchev–Trinajstić information content (AvgIpc) is 3.22. The predicted octanol–water partition coefficient (Wildman–Crippen LogP) is 7.82. The van der Waals surface area contributed by atoms with Gasteiger partial charge in [0.05, 0.1) is 18.7 Å². The molecule has 1 aromatic heterocycles. The van der Waals surface area contributed by atoms with Gasteiger partial charge in [-0.05, 0) is 59.2 Å². The number of aryl methyl sites for hydroxylation is 1. The molecule has 2 heterocycles. The van der Waals surface area contributed by atoms with E-state index in [0.29, 0.717) is 33.3 Å². The van der Waals surface area contributed by atoms with E-state index in [-0.39, 0.29) is 29.1 Å². The molecule has 0 amide bonds. The lowest BCUT2D eigenvalue weighted by molar-refractivity contribution is -0.148. The molecule has 0 spiro atoms. The molecule has 1 aliphatic heterocycles. The summed E-state index contributed by atoms with van der Waals surface area (Å²) in [5.41, 5.74) is -0.512. The summed E-state index contributed by atoms with van der Waals surface area (Å²) < 4.78 is 126. The largest absolute Gasteiger partial charge is 0.419 e. The van der Waals surface area contributed by atoms with Gasteiger partial charge in [-0.15, -0.1) is 11.3 Å². The number of halogens is 7. The molecule has 5 rings (SSSR count). The maximum Gasteiger partial charge on any atom is 0.419 e. The van der Waals surface area contributed by atoms with Crippen molar-refractivity contribution in [2.75, 3.05) is 17.4 Å². The summed E-state index contributed by atoms with van der Waals surface area (Å²) in [5.74, 6) is -1.52. The topological polar surface area (TPSA) is 40.6 Å². The van der Waals surface area contributed by atoms with Gasteiger partial charge >= 0.3 is 12.4 Å². The molecular formula is C28H23F7N2O2S2. The summed E-state index contributed by atoms with van der Waals surface area (Å²) in [6, 6.07) is 15.4. The highest BCUT2D eigenvalue weighted by atomic mass is 32.2. The van der Waals surface area contributed by atoms with Crippen LogP contribution in [0.3, 0.4) is 0 Å². The van der Waals surface area contributed by atoms with Crippen LogP contribution in [0.4, 0.5) is 35.7 Å². The second kappa shape index (κ2) is 10.6. The lowest BCUT2D eigenvalue weighted by atomic mass is 9.99. The summed E-state index contributed by atoms with van der Waals surface area (Å²) in [6.07, 6.45) is -9.56. The molecule has 0 aliphatic carbocycles. The first-order chi connectivity index (χ1) is 19.2. The van der Waals surface area contributed by atoms with Gasteiger partial charge in [-0.1, -0.05) is 48.5 Å². The molecule has 3 aromatic carbocycles.